The van der Waals surface area contributed by atoms with Gasteiger partial charge in [0, 0.05) is 11.4 Å². The highest BCUT2D eigenvalue weighted by Crippen LogP contribution is 2.28. The summed E-state index contributed by atoms with van der Waals surface area (Å²) in [6.45, 7) is 7.57. The molecule has 0 unspecified atom stereocenters. The third kappa shape index (κ3) is 3.81. The second kappa shape index (κ2) is 5.03. The number of ether oxygens (including phenoxy) is 1. The Labute approximate surface area is 113 Å². The maximum Gasteiger partial charge on any atom is 0.412 e. The molecule has 0 spiro atoms. The van der Waals surface area contributed by atoms with Crippen molar-refractivity contribution in [2.24, 2.45) is 4.99 Å². The average molecular weight is 260 g/mol. The fourth-order valence-electron chi connectivity index (χ4n) is 1.97. The first-order chi connectivity index (χ1) is 8.83. The Balaban J connectivity index is 2.09. The fraction of sp³-hybridized carbons (Fsp3) is 0.467. The van der Waals surface area contributed by atoms with Crippen LogP contribution in [0.15, 0.2) is 23.2 Å². The zero-order valence-corrected chi connectivity index (χ0v) is 11.9. The predicted molar refractivity (Wildman–Crippen MR) is 77.4 cm³/mol. The van der Waals surface area contributed by atoms with Crippen molar-refractivity contribution in [3.05, 3.63) is 23.8 Å². The van der Waals surface area contributed by atoms with Crippen LogP contribution in [0.25, 0.3) is 0 Å². The number of nitrogens with zero attached hydrogens (tertiary/aromatic N) is 1. The van der Waals surface area contributed by atoms with Crippen molar-refractivity contribution >= 4 is 23.2 Å². The van der Waals surface area contributed by atoms with E-state index in [1.54, 1.807) is 0 Å². The van der Waals surface area contributed by atoms with Crippen LogP contribution >= 0.6 is 0 Å². The van der Waals surface area contributed by atoms with E-state index in [-0.39, 0.29) is 0 Å². The molecule has 2 rings (SSSR count). The molecule has 4 heteroatoms. The predicted octanol–water partition coefficient (Wildman–Crippen LogP) is 4.07. The van der Waals surface area contributed by atoms with Gasteiger partial charge in [-0.05, 0) is 64.3 Å². The Hall–Kier alpha value is -1.84. The van der Waals surface area contributed by atoms with Gasteiger partial charge in [-0.3, -0.25) is 10.3 Å². The molecule has 1 aromatic carbocycles. The number of aliphatic imine (C=N–C) groups is 1. The van der Waals surface area contributed by atoms with Crippen molar-refractivity contribution in [3.8, 4) is 0 Å². The van der Waals surface area contributed by atoms with Crippen LogP contribution in [-0.2, 0) is 11.2 Å². The van der Waals surface area contributed by atoms with Crippen LogP contribution in [0.3, 0.4) is 0 Å². The van der Waals surface area contributed by atoms with E-state index in [2.05, 4.69) is 10.3 Å². The molecule has 1 aromatic rings. The van der Waals surface area contributed by atoms with E-state index in [1.165, 1.54) is 5.56 Å². The molecule has 0 aliphatic carbocycles. The Kier molecular flexibility index (Phi) is 3.60. The first-order valence-corrected chi connectivity index (χ1v) is 6.50. The molecule has 0 saturated carbocycles. The number of aryl methyl sites for hydroxylation is 1. The summed E-state index contributed by atoms with van der Waals surface area (Å²) in [7, 11) is 0. The maximum atomic E-state index is 11.7. The summed E-state index contributed by atoms with van der Waals surface area (Å²) in [4.78, 5) is 16.2. The Morgan fingerprint density at radius 2 is 2.05 bits per heavy atom. The van der Waals surface area contributed by atoms with Crippen LogP contribution in [0.1, 0.15) is 39.7 Å². The van der Waals surface area contributed by atoms with Gasteiger partial charge in [-0.25, -0.2) is 4.79 Å². The molecule has 0 atom stereocenters. The molecule has 1 amide bonds. The van der Waals surface area contributed by atoms with E-state index < -0.39 is 11.7 Å². The van der Waals surface area contributed by atoms with Crippen molar-refractivity contribution in [3.63, 3.8) is 0 Å². The van der Waals surface area contributed by atoms with Gasteiger partial charge in [0.05, 0.1) is 5.69 Å². The molecule has 1 N–H and O–H groups in total. The molecule has 1 aliphatic rings. The van der Waals surface area contributed by atoms with Crippen LogP contribution < -0.4 is 5.32 Å². The van der Waals surface area contributed by atoms with Crippen LogP contribution in [0, 0.1) is 0 Å². The van der Waals surface area contributed by atoms with E-state index in [1.807, 2.05) is 45.9 Å². The smallest absolute Gasteiger partial charge is 0.412 e. The van der Waals surface area contributed by atoms with Gasteiger partial charge in [-0.15, -0.1) is 0 Å². The van der Waals surface area contributed by atoms with Crippen LogP contribution in [0.5, 0.6) is 0 Å². The van der Waals surface area contributed by atoms with Gasteiger partial charge < -0.3 is 4.74 Å². The summed E-state index contributed by atoms with van der Waals surface area (Å²) in [5, 5.41) is 2.75. The minimum absolute atomic E-state index is 0.428. The first kappa shape index (κ1) is 13.6. The number of anilines is 1. The minimum Gasteiger partial charge on any atom is -0.444 e. The summed E-state index contributed by atoms with van der Waals surface area (Å²) in [5.41, 5.74) is 3.58. The summed E-state index contributed by atoms with van der Waals surface area (Å²) < 4.78 is 5.23. The molecule has 19 heavy (non-hydrogen) atoms. The standard InChI is InChI=1S/C15H20N2O2/c1-10-5-6-11-9-12(7-8-13(11)16-10)17-14(18)19-15(2,3)4/h7-9H,5-6H2,1-4H3,(H,17,18). The normalized spacial score (nSPS) is 14.4. The van der Waals surface area contributed by atoms with Gasteiger partial charge in [0.25, 0.3) is 0 Å². The van der Waals surface area contributed by atoms with Crippen molar-refractivity contribution in [1.82, 2.24) is 0 Å². The molecule has 102 valence electrons. The van der Waals surface area contributed by atoms with Gasteiger partial charge in [-0.2, -0.15) is 0 Å². The number of hydrogen-bond acceptors (Lipinski definition) is 3. The van der Waals surface area contributed by atoms with Crippen molar-refractivity contribution < 1.29 is 9.53 Å². The van der Waals surface area contributed by atoms with Crippen LogP contribution in [-0.4, -0.2) is 17.4 Å². The Morgan fingerprint density at radius 1 is 1.32 bits per heavy atom. The molecule has 0 radical (unpaired) electrons. The minimum atomic E-state index is -0.486. The van der Waals surface area contributed by atoms with Crippen LogP contribution in [0.2, 0.25) is 0 Å². The van der Waals surface area contributed by atoms with Gasteiger partial charge in [0.15, 0.2) is 0 Å². The summed E-state index contributed by atoms with van der Waals surface area (Å²) in [5.74, 6) is 0. The maximum absolute atomic E-state index is 11.7. The highest BCUT2D eigenvalue weighted by Gasteiger charge is 2.17. The van der Waals surface area contributed by atoms with E-state index in [9.17, 15) is 4.79 Å². The number of fused-ring (bicyclic) bond motifs is 1. The summed E-state index contributed by atoms with van der Waals surface area (Å²) in [6, 6.07) is 5.75. The molecular weight excluding hydrogens is 240 g/mol. The summed E-state index contributed by atoms with van der Waals surface area (Å²) in [6.07, 6.45) is 1.51. The monoisotopic (exact) mass is 260 g/mol. The zero-order chi connectivity index (χ0) is 14.0. The largest absolute Gasteiger partial charge is 0.444 e. The lowest BCUT2D eigenvalue weighted by Crippen LogP contribution is -2.27. The Morgan fingerprint density at radius 3 is 2.74 bits per heavy atom. The molecule has 4 nitrogen and oxygen atoms in total. The molecular formula is C15H20N2O2. The summed E-state index contributed by atoms with van der Waals surface area (Å²) >= 11 is 0. The number of carbonyl (C=O) groups is 1. The SMILES string of the molecule is CC1=Nc2ccc(NC(=O)OC(C)(C)C)cc2CC1. The second-order valence-corrected chi connectivity index (χ2v) is 5.82. The van der Waals surface area contributed by atoms with E-state index in [0.29, 0.717) is 0 Å². The van der Waals surface area contributed by atoms with E-state index >= 15 is 0 Å². The third-order valence-corrected chi connectivity index (χ3v) is 2.79. The molecule has 0 aromatic heterocycles. The number of hydrogen-bond donors (Lipinski definition) is 1. The number of rotatable bonds is 1. The molecule has 0 saturated heterocycles. The zero-order valence-electron chi connectivity index (χ0n) is 11.9. The van der Waals surface area contributed by atoms with Gasteiger partial charge in [-0.1, -0.05) is 0 Å². The second-order valence-electron chi connectivity index (χ2n) is 5.82. The highest BCUT2D eigenvalue weighted by molar-refractivity contribution is 5.89. The van der Waals surface area contributed by atoms with E-state index in [0.717, 1.165) is 29.9 Å². The molecule has 0 bridgehead atoms. The first-order valence-electron chi connectivity index (χ1n) is 6.50. The number of benzene rings is 1. The third-order valence-electron chi connectivity index (χ3n) is 2.79. The van der Waals surface area contributed by atoms with Gasteiger partial charge in [0.2, 0.25) is 0 Å². The quantitative estimate of drug-likeness (QED) is 0.827. The highest BCUT2D eigenvalue weighted by atomic mass is 16.6. The lowest BCUT2D eigenvalue weighted by Gasteiger charge is -2.20. The molecule has 1 heterocycles. The molecule has 1 aliphatic heterocycles. The lowest BCUT2D eigenvalue weighted by molar-refractivity contribution is 0.0636. The van der Waals surface area contributed by atoms with E-state index in [4.69, 9.17) is 4.74 Å². The fourth-order valence-corrected chi connectivity index (χ4v) is 1.97. The van der Waals surface area contributed by atoms with Crippen molar-refractivity contribution in [2.45, 2.75) is 46.1 Å². The van der Waals surface area contributed by atoms with Gasteiger partial charge in [0.1, 0.15) is 5.60 Å². The van der Waals surface area contributed by atoms with Crippen LogP contribution in [0.4, 0.5) is 16.2 Å². The van der Waals surface area contributed by atoms with Gasteiger partial charge >= 0.3 is 6.09 Å². The lowest BCUT2D eigenvalue weighted by atomic mass is 10.0. The number of nitrogens with one attached hydrogen (secondary N) is 1. The number of amides is 1. The van der Waals surface area contributed by atoms with Crippen molar-refractivity contribution in [1.29, 1.82) is 0 Å². The average Bonchev–Trinajstić information content (AvgIpc) is 2.26. The topological polar surface area (TPSA) is 50.7 Å². The molecule has 0 fully saturated rings. The Bertz CT molecular complexity index is 527. The van der Waals surface area contributed by atoms with Crippen molar-refractivity contribution in [2.75, 3.05) is 5.32 Å². The number of carbonyl (C=O) groups excluding carboxylic acids is 1.